The minimum absolute atomic E-state index is 0.296. The van der Waals surface area contributed by atoms with E-state index in [1.807, 2.05) is 97.1 Å². The second kappa shape index (κ2) is 11.5. The third kappa shape index (κ3) is 5.26. The van der Waals surface area contributed by atoms with E-state index in [1.54, 1.807) is 12.1 Å². The zero-order valence-corrected chi connectivity index (χ0v) is 25.7. The monoisotopic (exact) mass is 655 g/mol. The van der Waals surface area contributed by atoms with E-state index in [1.165, 1.54) is 12.1 Å². The molecule has 0 aliphatic heterocycles. The molecule has 0 unspecified atom stereocenters. The highest BCUT2D eigenvalue weighted by atomic mass is 19.4. The molecule has 0 N–H and O–H groups in total. The van der Waals surface area contributed by atoms with Crippen molar-refractivity contribution >= 4 is 11.1 Å². The fraction of sp³-hybridized carbons (Fsp3) is 0.0698. The largest absolute Gasteiger partial charge is 0.417 e. The van der Waals surface area contributed by atoms with Crippen LogP contribution in [0.3, 0.4) is 0 Å². The fourth-order valence-corrected chi connectivity index (χ4v) is 7.15. The first-order valence-corrected chi connectivity index (χ1v) is 15.7. The average Bonchev–Trinajstić information content (AvgIpc) is 3.11. The standard InChI is InChI=1S/C43H25F6/c44-42(45,46)28-21-17-26(18-22-28)40-34-13-5-1-9-30(34)38(31-10-2-6-14-35(31)40)25-39-32-11-3-7-15-36(32)41(37-16-8-4-12-33(37)39)27-19-23-29(24-20-27)43(47,48)49/h1-24,40H/q+1. The third-order valence-electron chi connectivity index (χ3n) is 9.34. The third-order valence-corrected chi connectivity index (χ3v) is 9.34. The summed E-state index contributed by atoms with van der Waals surface area (Å²) in [7, 11) is 0. The average molecular weight is 656 g/mol. The zero-order chi connectivity index (χ0) is 33.9. The highest BCUT2D eigenvalue weighted by molar-refractivity contribution is 5.96. The Balaban J connectivity index is 1.35. The molecule has 6 heteroatoms. The predicted molar refractivity (Wildman–Crippen MR) is 179 cm³/mol. The summed E-state index contributed by atoms with van der Waals surface area (Å²) in [5.74, 6) is 0.540. The van der Waals surface area contributed by atoms with Gasteiger partial charge in [-0.3, -0.25) is 0 Å². The maximum absolute atomic E-state index is 13.4. The maximum Gasteiger partial charge on any atom is 0.417 e. The maximum atomic E-state index is 13.4. The number of fused-ring (bicyclic) bond motifs is 4. The van der Waals surface area contributed by atoms with Crippen LogP contribution in [0.2, 0.25) is 0 Å². The van der Waals surface area contributed by atoms with E-state index in [-0.39, 0.29) is 5.92 Å². The van der Waals surface area contributed by atoms with Gasteiger partial charge < -0.3 is 0 Å². The van der Waals surface area contributed by atoms with Crippen molar-refractivity contribution in [2.75, 3.05) is 0 Å². The highest BCUT2D eigenvalue weighted by Gasteiger charge is 2.38. The Morgan fingerprint density at radius 3 is 1.29 bits per heavy atom. The van der Waals surface area contributed by atoms with E-state index >= 15 is 0 Å². The van der Waals surface area contributed by atoms with Crippen molar-refractivity contribution in [3.05, 3.63) is 224 Å². The Morgan fingerprint density at radius 2 is 0.816 bits per heavy atom. The molecule has 0 heterocycles. The minimum atomic E-state index is -4.44. The minimum Gasteiger partial charge on any atom is -0.166 e. The molecule has 0 radical (unpaired) electrons. The van der Waals surface area contributed by atoms with Gasteiger partial charge in [-0.05, 0) is 101 Å². The van der Waals surface area contributed by atoms with Gasteiger partial charge in [0.15, 0.2) is 0 Å². The second-order valence-electron chi connectivity index (χ2n) is 12.1. The van der Waals surface area contributed by atoms with Crippen LogP contribution in [-0.4, -0.2) is 0 Å². The first-order chi connectivity index (χ1) is 23.6. The van der Waals surface area contributed by atoms with Crippen LogP contribution >= 0.6 is 0 Å². The number of alkyl halides is 6. The lowest BCUT2D eigenvalue weighted by molar-refractivity contribution is -0.138. The molecule has 0 aromatic heterocycles. The van der Waals surface area contributed by atoms with Crippen LogP contribution in [0.15, 0.2) is 151 Å². The van der Waals surface area contributed by atoms with Crippen LogP contribution in [0.1, 0.15) is 72.7 Å². The quantitative estimate of drug-likeness (QED) is 0.0988. The molecule has 238 valence electrons. The number of hydrogen-bond acceptors (Lipinski definition) is 0. The molecule has 0 saturated carbocycles. The van der Waals surface area contributed by atoms with Crippen molar-refractivity contribution in [3.8, 4) is 0 Å². The first-order valence-electron chi connectivity index (χ1n) is 15.7. The van der Waals surface area contributed by atoms with Crippen LogP contribution in [0, 0.1) is 5.92 Å². The Hall–Kier alpha value is -5.71. The Bertz CT molecular complexity index is 2020. The summed E-state index contributed by atoms with van der Waals surface area (Å²) in [6.45, 7) is 0. The van der Waals surface area contributed by atoms with Gasteiger partial charge in [0.05, 0.1) is 39.3 Å². The SMILES string of the molecule is FC(F)(F)c1ccc([C+]2c3ccccc3C(=C=C3c4ccccc4C(c4ccc(C(F)(F)F)cc4)c4ccccc43)c3ccccc32)cc1. The summed E-state index contributed by atoms with van der Waals surface area (Å²) >= 11 is 0. The van der Waals surface area contributed by atoms with Gasteiger partial charge in [-0.15, -0.1) is 0 Å². The van der Waals surface area contributed by atoms with Crippen molar-refractivity contribution in [3.63, 3.8) is 0 Å². The molecular weight excluding hydrogens is 630 g/mol. The molecule has 8 rings (SSSR count). The molecule has 0 nitrogen and oxygen atoms in total. The van der Waals surface area contributed by atoms with Crippen molar-refractivity contribution in [1.82, 2.24) is 0 Å². The van der Waals surface area contributed by atoms with Gasteiger partial charge in [-0.1, -0.05) is 78.5 Å². The molecule has 6 aromatic rings. The molecule has 0 atom stereocenters. The van der Waals surface area contributed by atoms with E-state index in [4.69, 9.17) is 0 Å². The normalized spacial score (nSPS) is 15.1. The number of benzene rings is 6. The van der Waals surface area contributed by atoms with Gasteiger partial charge in [0.2, 0.25) is 0 Å². The predicted octanol–water partition coefficient (Wildman–Crippen LogP) is 11.7. The summed E-state index contributed by atoms with van der Waals surface area (Å²) in [5, 5.41) is 0. The lowest BCUT2D eigenvalue weighted by atomic mass is 9.71. The molecule has 0 fully saturated rings. The Morgan fingerprint density at radius 1 is 0.429 bits per heavy atom. The molecule has 0 amide bonds. The zero-order valence-electron chi connectivity index (χ0n) is 25.7. The lowest BCUT2D eigenvalue weighted by Gasteiger charge is -2.30. The Labute approximate surface area is 279 Å². The number of halogens is 6. The van der Waals surface area contributed by atoms with Crippen LogP contribution in [-0.2, 0) is 12.4 Å². The summed E-state index contributed by atoms with van der Waals surface area (Å²) in [6.07, 6.45) is -8.87. The van der Waals surface area contributed by atoms with Gasteiger partial charge in [0.1, 0.15) is 0 Å². The lowest BCUT2D eigenvalue weighted by Crippen LogP contribution is -2.16. The molecule has 6 aromatic carbocycles. The molecule has 2 aliphatic carbocycles. The first kappa shape index (κ1) is 30.6. The van der Waals surface area contributed by atoms with Gasteiger partial charge in [-0.2, -0.15) is 26.3 Å². The number of rotatable bonds is 2. The van der Waals surface area contributed by atoms with E-state index in [2.05, 4.69) is 5.73 Å². The van der Waals surface area contributed by atoms with Crippen LogP contribution < -0.4 is 0 Å². The summed E-state index contributed by atoms with van der Waals surface area (Å²) in [4.78, 5) is 0. The molecule has 2 aliphatic rings. The van der Waals surface area contributed by atoms with Crippen molar-refractivity contribution in [1.29, 1.82) is 0 Å². The van der Waals surface area contributed by atoms with Crippen LogP contribution in [0.5, 0.6) is 0 Å². The fourth-order valence-electron chi connectivity index (χ4n) is 7.15. The highest BCUT2D eigenvalue weighted by Crippen LogP contribution is 2.49. The van der Waals surface area contributed by atoms with E-state index in [9.17, 15) is 26.3 Å². The Kier molecular flexibility index (Phi) is 7.16. The van der Waals surface area contributed by atoms with E-state index in [0.717, 1.165) is 91.4 Å². The van der Waals surface area contributed by atoms with Crippen molar-refractivity contribution in [2.45, 2.75) is 18.3 Å². The molecular formula is C43H25F6+. The van der Waals surface area contributed by atoms with Crippen molar-refractivity contribution in [2.24, 2.45) is 0 Å². The van der Waals surface area contributed by atoms with Gasteiger partial charge >= 0.3 is 12.4 Å². The topological polar surface area (TPSA) is 0 Å². The number of hydrogen-bond donors (Lipinski definition) is 0. The smallest absolute Gasteiger partial charge is 0.166 e. The summed E-state index contributed by atoms with van der Waals surface area (Å²) < 4.78 is 80.7. The van der Waals surface area contributed by atoms with E-state index in [0.29, 0.717) is 5.56 Å². The summed E-state index contributed by atoms with van der Waals surface area (Å²) in [6, 6.07) is 42.2. The van der Waals surface area contributed by atoms with Crippen LogP contribution in [0.4, 0.5) is 26.3 Å². The van der Waals surface area contributed by atoms with Crippen molar-refractivity contribution < 1.29 is 26.3 Å². The molecule has 0 spiro atoms. The summed E-state index contributed by atoms with van der Waals surface area (Å²) in [5.41, 5.74) is 12.8. The van der Waals surface area contributed by atoms with Gasteiger partial charge in [0, 0.05) is 22.6 Å². The van der Waals surface area contributed by atoms with Gasteiger partial charge in [-0.25, -0.2) is 0 Å². The molecule has 0 saturated heterocycles. The van der Waals surface area contributed by atoms with Crippen LogP contribution in [0.25, 0.3) is 11.1 Å². The second-order valence-corrected chi connectivity index (χ2v) is 12.1. The molecule has 49 heavy (non-hydrogen) atoms. The molecule has 0 bridgehead atoms. The van der Waals surface area contributed by atoms with E-state index < -0.39 is 23.5 Å². The van der Waals surface area contributed by atoms with Gasteiger partial charge in [0.25, 0.3) is 0 Å².